The van der Waals surface area contributed by atoms with Gasteiger partial charge in [0.25, 0.3) is 0 Å². The van der Waals surface area contributed by atoms with Crippen LogP contribution in [0.25, 0.3) is 0 Å². The van der Waals surface area contributed by atoms with Gasteiger partial charge in [0.05, 0.1) is 5.92 Å². The van der Waals surface area contributed by atoms with E-state index in [9.17, 15) is 4.79 Å². The molecule has 0 aliphatic carbocycles. The maximum atomic E-state index is 12.2. The Kier molecular flexibility index (Phi) is 6.02. The highest BCUT2D eigenvalue weighted by atomic mass is 16.6. The lowest BCUT2D eigenvalue weighted by Crippen LogP contribution is -2.55. The minimum Gasteiger partial charge on any atom is -0.460 e. The molecule has 0 amide bonds. The van der Waals surface area contributed by atoms with Crippen molar-refractivity contribution in [3.63, 3.8) is 0 Å². The third-order valence-electron chi connectivity index (χ3n) is 3.68. The van der Waals surface area contributed by atoms with Crippen LogP contribution in [0.5, 0.6) is 0 Å². The van der Waals surface area contributed by atoms with Gasteiger partial charge in [-0.15, -0.1) is 0 Å². The molecule has 2 atom stereocenters. The van der Waals surface area contributed by atoms with E-state index in [1.165, 1.54) is 0 Å². The van der Waals surface area contributed by atoms with Crippen LogP contribution >= 0.6 is 0 Å². The Morgan fingerprint density at radius 3 is 2.15 bits per heavy atom. The molecule has 1 fully saturated rings. The van der Waals surface area contributed by atoms with Crippen molar-refractivity contribution in [2.45, 2.75) is 78.6 Å². The summed E-state index contributed by atoms with van der Waals surface area (Å²) < 4.78 is 5.53. The number of nitrogens with zero attached hydrogens (tertiary/aromatic N) is 1. The minimum atomic E-state index is -0.403. The molecule has 0 bridgehead atoms. The van der Waals surface area contributed by atoms with Crippen LogP contribution in [-0.4, -0.2) is 47.7 Å². The second-order valence-corrected chi connectivity index (χ2v) is 7.41. The molecule has 0 saturated carbocycles. The first-order chi connectivity index (χ1) is 9.11. The summed E-state index contributed by atoms with van der Waals surface area (Å²) in [7, 11) is 0. The highest BCUT2D eigenvalue weighted by molar-refractivity contribution is 5.73. The topological polar surface area (TPSA) is 41.6 Å². The van der Waals surface area contributed by atoms with Gasteiger partial charge in [0.1, 0.15) is 5.60 Å². The molecule has 1 heterocycles. The number of piperidine rings is 1. The van der Waals surface area contributed by atoms with Crippen LogP contribution < -0.4 is 5.32 Å². The molecule has 0 aromatic carbocycles. The van der Waals surface area contributed by atoms with E-state index in [1.54, 1.807) is 0 Å². The SMILES string of the molecule is CC(C)N(C(C)C)[C@@H]1CNC[C@H](C(=O)OC(C)(C)C)C1. The first-order valence-corrected chi connectivity index (χ1v) is 7.83. The minimum absolute atomic E-state index is 0.0343. The molecule has 118 valence electrons. The molecule has 1 aliphatic rings. The Morgan fingerprint density at radius 2 is 1.70 bits per heavy atom. The van der Waals surface area contributed by atoms with Gasteiger partial charge in [0, 0.05) is 31.2 Å². The van der Waals surface area contributed by atoms with Crippen molar-refractivity contribution >= 4 is 5.97 Å². The van der Waals surface area contributed by atoms with Gasteiger partial charge >= 0.3 is 5.97 Å². The molecule has 4 heteroatoms. The van der Waals surface area contributed by atoms with E-state index >= 15 is 0 Å². The summed E-state index contributed by atoms with van der Waals surface area (Å²) in [4.78, 5) is 14.7. The normalized spacial score (nSPS) is 24.5. The molecule has 0 aromatic rings. The summed E-state index contributed by atoms with van der Waals surface area (Å²) in [5, 5.41) is 3.40. The average molecular weight is 284 g/mol. The predicted molar refractivity (Wildman–Crippen MR) is 82.7 cm³/mol. The van der Waals surface area contributed by atoms with E-state index in [0.29, 0.717) is 18.1 Å². The van der Waals surface area contributed by atoms with Gasteiger partial charge in [0.2, 0.25) is 0 Å². The Labute approximate surface area is 124 Å². The highest BCUT2D eigenvalue weighted by Crippen LogP contribution is 2.23. The highest BCUT2D eigenvalue weighted by Gasteiger charge is 2.34. The zero-order valence-electron chi connectivity index (χ0n) is 14.2. The number of ether oxygens (including phenoxy) is 1. The summed E-state index contributed by atoms with van der Waals surface area (Å²) in [5.41, 5.74) is -0.403. The molecule has 1 aliphatic heterocycles. The Bertz CT molecular complexity index is 313. The number of esters is 1. The molecule has 0 radical (unpaired) electrons. The number of carbonyl (C=O) groups excluding carboxylic acids is 1. The van der Waals surface area contributed by atoms with E-state index in [1.807, 2.05) is 20.8 Å². The van der Waals surface area contributed by atoms with Crippen LogP contribution in [0.15, 0.2) is 0 Å². The molecule has 1 N–H and O–H groups in total. The van der Waals surface area contributed by atoms with E-state index in [4.69, 9.17) is 4.74 Å². The standard InChI is InChI=1S/C16H32N2O2/c1-11(2)18(12(3)4)14-8-13(9-17-10-14)15(19)20-16(5,6)7/h11-14,17H,8-10H2,1-7H3/t13-,14+/m1/s1. The van der Waals surface area contributed by atoms with Crippen molar-refractivity contribution in [2.75, 3.05) is 13.1 Å². The van der Waals surface area contributed by atoms with Crippen molar-refractivity contribution in [1.82, 2.24) is 10.2 Å². The quantitative estimate of drug-likeness (QED) is 0.805. The fourth-order valence-electron chi connectivity index (χ4n) is 3.15. The molecule has 0 spiro atoms. The van der Waals surface area contributed by atoms with Crippen molar-refractivity contribution < 1.29 is 9.53 Å². The van der Waals surface area contributed by atoms with Crippen LogP contribution in [0.4, 0.5) is 0 Å². The van der Waals surface area contributed by atoms with Crippen LogP contribution in [0.3, 0.4) is 0 Å². The molecular formula is C16H32N2O2. The lowest BCUT2D eigenvalue weighted by molar-refractivity contribution is -0.161. The van der Waals surface area contributed by atoms with Crippen molar-refractivity contribution in [3.05, 3.63) is 0 Å². The fraction of sp³-hybridized carbons (Fsp3) is 0.938. The zero-order chi connectivity index (χ0) is 15.5. The van der Waals surface area contributed by atoms with Gasteiger partial charge in [-0.3, -0.25) is 9.69 Å². The largest absolute Gasteiger partial charge is 0.460 e. The van der Waals surface area contributed by atoms with Gasteiger partial charge in [-0.25, -0.2) is 0 Å². The van der Waals surface area contributed by atoms with Crippen molar-refractivity contribution in [1.29, 1.82) is 0 Å². The maximum Gasteiger partial charge on any atom is 0.310 e. The van der Waals surface area contributed by atoms with Crippen LogP contribution in [-0.2, 0) is 9.53 Å². The molecular weight excluding hydrogens is 252 g/mol. The average Bonchev–Trinajstić information content (AvgIpc) is 2.26. The first kappa shape index (κ1) is 17.4. The van der Waals surface area contributed by atoms with E-state index in [2.05, 4.69) is 37.9 Å². The van der Waals surface area contributed by atoms with Crippen LogP contribution in [0.2, 0.25) is 0 Å². The lowest BCUT2D eigenvalue weighted by Gasteiger charge is -2.42. The Morgan fingerprint density at radius 1 is 1.15 bits per heavy atom. The van der Waals surface area contributed by atoms with Crippen molar-refractivity contribution in [3.8, 4) is 0 Å². The summed E-state index contributed by atoms with van der Waals surface area (Å²) in [5.74, 6) is -0.102. The number of nitrogens with one attached hydrogen (secondary N) is 1. The Balaban J connectivity index is 2.68. The summed E-state index contributed by atoms with van der Waals surface area (Å²) >= 11 is 0. The summed E-state index contributed by atoms with van der Waals surface area (Å²) in [6.45, 7) is 16.3. The number of carbonyl (C=O) groups is 1. The third kappa shape index (κ3) is 5.06. The molecule has 1 rings (SSSR count). The second-order valence-electron chi connectivity index (χ2n) is 7.41. The maximum absolute atomic E-state index is 12.2. The van der Waals surface area contributed by atoms with Crippen LogP contribution in [0.1, 0.15) is 54.9 Å². The van der Waals surface area contributed by atoms with E-state index in [-0.39, 0.29) is 11.9 Å². The number of hydrogen-bond acceptors (Lipinski definition) is 4. The lowest BCUT2D eigenvalue weighted by atomic mass is 9.93. The van der Waals surface area contributed by atoms with Gasteiger partial charge in [-0.1, -0.05) is 0 Å². The summed E-state index contributed by atoms with van der Waals surface area (Å²) in [6, 6.07) is 1.37. The van der Waals surface area contributed by atoms with Gasteiger partial charge in [-0.2, -0.15) is 0 Å². The third-order valence-corrected chi connectivity index (χ3v) is 3.68. The first-order valence-electron chi connectivity index (χ1n) is 7.83. The second kappa shape index (κ2) is 6.90. The molecule has 1 saturated heterocycles. The van der Waals surface area contributed by atoms with Crippen LogP contribution in [0, 0.1) is 5.92 Å². The van der Waals surface area contributed by atoms with Crippen molar-refractivity contribution in [2.24, 2.45) is 5.92 Å². The molecule has 0 unspecified atom stereocenters. The van der Waals surface area contributed by atoms with Gasteiger partial charge < -0.3 is 10.1 Å². The zero-order valence-corrected chi connectivity index (χ0v) is 14.2. The molecule has 4 nitrogen and oxygen atoms in total. The molecule has 20 heavy (non-hydrogen) atoms. The number of hydrogen-bond donors (Lipinski definition) is 1. The fourth-order valence-corrected chi connectivity index (χ4v) is 3.15. The molecule has 0 aromatic heterocycles. The summed E-state index contributed by atoms with van der Waals surface area (Å²) in [6.07, 6.45) is 0.887. The van der Waals surface area contributed by atoms with E-state index in [0.717, 1.165) is 19.5 Å². The monoisotopic (exact) mass is 284 g/mol. The smallest absolute Gasteiger partial charge is 0.310 e. The number of rotatable bonds is 4. The van der Waals surface area contributed by atoms with Gasteiger partial charge in [-0.05, 0) is 54.9 Å². The van der Waals surface area contributed by atoms with E-state index < -0.39 is 5.60 Å². The predicted octanol–water partition coefficient (Wildman–Crippen LogP) is 2.42. The Hall–Kier alpha value is -0.610. The van der Waals surface area contributed by atoms with Gasteiger partial charge in [0.15, 0.2) is 0 Å².